The van der Waals surface area contributed by atoms with E-state index in [2.05, 4.69) is 20.8 Å². The highest BCUT2D eigenvalue weighted by molar-refractivity contribution is 9.10. The van der Waals surface area contributed by atoms with Crippen LogP contribution in [0.3, 0.4) is 0 Å². The van der Waals surface area contributed by atoms with Gasteiger partial charge in [-0.15, -0.1) is 0 Å². The maximum Gasteiger partial charge on any atom is 0.253 e. The Morgan fingerprint density at radius 3 is 2.22 bits per heavy atom. The van der Waals surface area contributed by atoms with Crippen molar-refractivity contribution in [1.82, 2.24) is 4.90 Å². The van der Waals surface area contributed by atoms with E-state index in [9.17, 15) is 4.79 Å². The van der Waals surface area contributed by atoms with E-state index in [1.165, 1.54) is 0 Å². The Morgan fingerprint density at radius 2 is 1.61 bits per heavy atom. The van der Waals surface area contributed by atoms with Gasteiger partial charge >= 0.3 is 0 Å². The summed E-state index contributed by atoms with van der Waals surface area (Å²) in [6, 6.07) is 13.0. The fraction of sp³-hybridized carbons (Fsp3) is 0.235. The van der Waals surface area contributed by atoms with Gasteiger partial charge in [0.2, 0.25) is 0 Å². The van der Waals surface area contributed by atoms with Crippen LogP contribution in [0.1, 0.15) is 10.4 Å². The van der Waals surface area contributed by atoms with Gasteiger partial charge in [0.15, 0.2) is 0 Å². The second kappa shape index (κ2) is 7.12. The van der Waals surface area contributed by atoms with Crippen molar-refractivity contribution in [3.63, 3.8) is 0 Å². The van der Waals surface area contributed by atoms with Crippen LogP contribution in [0.5, 0.6) is 0 Å². The molecule has 1 amide bonds. The molecular formula is C17H15BrCl2N2O. The summed E-state index contributed by atoms with van der Waals surface area (Å²) in [5.41, 5.74) is 1.68. The third-order valence-electron chi connectivity index (χ3n) is 3.91. The molecular weight excluding hydrogens is 399 g/mol. The van der Waals surface area contributed by atoms with Gasteiger partial charge in [-0.2, -0.15) is 0 Å². The van der Waals surface area contributed by atoms with Crippen LogP contribution in [0.4, 0.5) is 5.69 Å². The van der Waals surface area contributed by atoms with Crippen LogP contribution >= 0.6 is 39.1 Å². The Hall–Kier alpha value is -1.23. The normalized spacial score (nSPS) is 14.9. The standard InChI is InChI=1S/C17H15BrCl2N2O/c18-13-3-1-12(2-4-13)17(23)22-9-7-21(8-10-22)16-6-5-14(19)11-15(16)20/h1-6,11H,7-10H2. The summed E-state index contributed by atoms with van der Waals surface area (Å²) in [7, 11) is 0. The first-order valence-corrected chi connectivity index (χ1v) is 8.84. The van der Waals surface area contributed by atoms with Crippen LogP contribution in [-0.2, 0) is 0 Å². The second-order valence-electron chi connectivity index (χ2n) is 5.38. The van der Waals surface area contributed by atoms with Crippen molar-refractivity contribution in [2.75, 3.05) is 31.1 Å². The van der Waals surface area contributed by atoms with E-state index in [-0.39, 0.29) is 5.91 Å². The number of anilines is 1. The van der Waals surface area contributed by atoms with E-state index in [4.69, 9.17) is 23.2 Å². The zero-order valence-corrected chi connectivity index (χ0v) is 15.4. The Morgan fingerprint density at radius 1 is 0.957 bits per heavy atom. The molecule has 0 radical (unpaired) electrons. The lowest BCUT2D eigenvalue weighted by molar-refractivity contribution is 0.0747. The minimum atomic E-state index is 0.0688. The molecule has 3 nitrogen and oxygen atoms in total. The summed E-state index contributed by atoms with van der Waals surface area (Å²) in [4.78, 5) is 16.6. The lowest BCUT2D eigenvalue weighted by Crippen LogP contribution is -2.48. The van der Waals surface area contributed by atoms with Crippen molar-refractivity contribution in [2.24, 2.45) is 0 Å². The molecule has 0 atom stereocenters. The fourth-order valence-corrected chi connectivity index (χ4v) is 3.46. The quantitative estimate of drug-likeness (QED) is 0.711. The smallest absolute Gasteiger partial charge is 0.253 e. The predicted molar refractivity (Wildman–Crippen MR) is 98.7 cm³/mol. The maximum atomic E-state index is 12.5. The first-order valence-electron chi connectivity index (χ1n) is 7.29. The van der Waals surface area contributed by atoms with Gasteiger partial charge < -0.3 is 9.80 Å². The summed E-state index contributed by atoms with van der Waals surface area (Å²) < 4.78 is 0.969. The molecule has 1 heterocycles. The van der Waals surface area contributed by atoms with E-state index in [0.717, 1.165) is 23.2 Å². The summed E-state index contributed by atoms with van der Waals surface area (Å²) >= 11 is 15.6. The number of carbonyl (C=O) groups excluding carboxylic acids is 1. The number of piperazine rings is 1. The molecule has 1 fully saturated rings. The molecule has 0 N–H and O–H groups in total. The summed E-state index contributed by atoms with van der Waals surface area (Å²) in [6.07, 6.45) is 0. The van der Waals surface area contributed by atoms with E-state index in [0.29, 0.717) is 28.7 Å². The fourth-order valence-electron chi connectivity index (χ4n) is 2.66. The highest BCUT2D eigenvalue weighted by atomic mass is 79.9. The number of hydrogen-bond acceptors (Lipinski definition) is 2. The summed E-state index contributed by atoms with van der Waals surface area (Å²) in [6.45, 7) is 2.86. The Bertz CT molecular complexity index is 713. The minimum absolute atomic E-state index is 0.0688. The average Bonchev–Trinajstić information content (AvgIpc) is 2.55. The maximum absolute atomic E-state index is 12.5. The van der Waals surface area contributed by atoms with E-state index in [1.807, 2.05) is 41.3 Å². The molecule has 3 rings (SSSR count). The third-order valence-corrected chi connectivity index (χ3v) is 4.97. The molecule has 0 unspecified atom stereocenters. The molecule has 0 spiro atoms. The number of carbonyl (C=O) groups is 1. The van der Waals surface area contributed by atoms with Crippen molar-refractivity contribution >= 4 is 50.7 Å². The van der Waals surface area contributed by atoms with Gasteiger partial charge in [-0.3, -0.25) is 4.79 Å². The number of amides is 1. The van der Waals surface area contributed by atoms with Gasteiger partial charge in [-0.05, 0) is 42.5 Å². The van der Waals surface area contributed by atoms with E-state index in [1.54, 1.807) is 6.07 Å². The van der Waals surface area contributed by atoms with Crippen LogP contribution in [0.2, 0.25) is 10.0 Å². The van der Waals surface area contributed by atoms with Gasteiger partial charge in [0, 0.05) is 41.2 Å². The van der Waals surface area contributed by atoms with Crippen LogP contribution in [0, 0.1) is 0 Å². The Labute approximate surface area is 153 Å². The molecule has 1 aliphatic rings. The average molecular weight is 414 g/mol. The molecule has 0 aromatic heterocycles. The zero-order valence-electron chi connectivity index (χ0n) is 12.3. The highest BCUT2D eigenvalue weighted by Crippen LogP contribution is 2.29. The summed E-state index contributed by atoms with van der Waals surface area (Å²) in [5.74, 6) is 0.0688. The van der Waals surface area contributed by atoms with Crippen molar-refractivity contribution in [2.45, 2.75) is 0 Å². The van der Waals surface area contributed by atoms with Crippen LogP contribution in [-0.4, -0.2) is 37.0 Å². The molecule has 0 bridgehead atoms. The number of nitrogens with zero attached hydrogens (tertiary/aromatic N) is 2. The Kier molecular flexibility index (Phi) is 5.14. The summed E-state index contributed by atoms with van der Waals surface area (Å²) in [5, 5.41) is 1.27. The molecule has 0 aliphatic carbocycles. The van der Waals surface area contributed by atoms with Crippen LogP contribution < -0.4 is 4.90 Å². The molecule has 0 saturated carbocycles. The predicted octanol–water partition coefficient (Wildman–Crippen LogP) is 4.72. The highest BCUT2D eigenvalue weighted by Gasteiger charge is 2.23. The zero-order chi connectivity index (χ0) is 16.4. The van der Waals surface area contributed by atoms with Crippen molar-refractivity contribution in [3.8, 4) is 0 Å². The first-order chi connectivity index (χ1) is 11.0. The van der Waals surface area contributed by atoms with Crippen molar-refractivity contribution in [1.29, 1.82) is 0 Å². The minimum Gasteiger partial charge on any atom is -0.367 e. The molecule has 1 saturated heterocycles. The number of hydrogen-bond donors (Lipinski definition) is 0. The number of benzene rings is 2. The second-order valence-corrected chi connectivity index (χ2v) is 7.14. The molecule has 2 aromatic carbocycles. The van der Waals surface area contributed by atoms with Crippen molar-refractivity contribution in [3.05, 3.63) is 62.5 Å². The lowest BCUT2D eigenvalue weighted by atomic mass is 10.1. The van der Waals surface area contributed by atoms with Crippen molar-refractivity contribution < 1.29 is 4.79 Å². The SMILES string of the molecule is O=C(c1ccc(Br)cc1)N1CCN(c2ccc(Cl)cc2Cl)CC1. The largest absolute Gasteiger partial charge is 0.367 e. The molecule has 23 heavy (non-hydrogen) atoms. The van der Waals surface area contributed by atoms with E-state index >= 15 is 0 Å². The Balaban J connectivity index is 1.66. The molecule has 1 aliphatic heterocycles. The first kappa shape index (κ1) is 16.6. The van der Waals surface area contributed by atoms with Crippen LogP contribution in [0.25, 0.3) is 0 Å². The third kappa shape index (κ3) is 3.82. The van der Waals surface area contributed by atoms with Gasteiger partial charge in [0.1, 0.15) is 0 Å². The van der Waals surface area contributed by atoms with E-state index < -0.39 is 0 Å². The topological polar surface area (TPSA) is 23.6 Å². The molecule has 2 aromatic rings. The molecule has 6 heteroatoms. The van der Waals surface area contributed by atoms with Gasteiger partial charge in [0.25, 0.3) is 5.91 Å². The molecule has 120 valence electrons. The number of halogens is 3. The van der Waals surface area contributed by atoms with Crippen LogP contribution in [0.15, 0.2) is 46.9 Å². The monoisotopic (exact) mass is 412 g/mol. The van der Waals surface area contributed by atoms with Gasteiger partial charge in [-0.1, -0.05) is 39.1 Å². The lowest BCUT2D eigenvalue weighted by Gasteiger charge is -2.36. The van der Waals surface area contributed by atoms with Gasteiger partial charge in [0.05, 0.1) is 10.7 Å². The van der Waals surface area contributed by atoms with Gasteiger partial charge in [-0.25, -0.2) is 0 Å². The number of rotatable bonds is 2.